The van der Waals surface area contributed by atoms with E-state index in [4.69, 9.17) is 9.47 Å². The molecule has 3 unspecified atom stereocenters. The Morgan fingerprint density at radius 1 is 1.34 bits per heavy atom. The highest BCUT2D eigenvalue weighted by Gasteiger charge is 2.28. The van der Waals surface area contributed by atoms with Gasteiger partial charge < -0.3 is 20.1 Å². The lowest BCUT2D eigenvalue weighted by molar-refractivity contribution is -0.116. The molecule has 1 aromatic carbocycles. The molecule has 1 aliphatic rings. The molecule has 0 saturated carbocycles. The summed E-state index contributed by atoms with van der Waals surface area (Å²) in [4.78, 5) is 26.3. The van der Waals surface area contributed by atoms with Crippen LogP contribution in [0.1, 0.15) is 71.5 Å². The van der Waals surface area contributed by atoms with Crippen LogP contribution in [-0.2, 0) is 22.4 Å². The van der Waals surface area contributed by atoms with Crippen LogP contribution in [0.15, 0.2) is 30.5 Å². The molecule has 4 rings (SSSR count). The third-order valence-corrected chi connectivity index (χ3v) is 8.18. The van der Waals surface area contributed by atoms with E-state index in [-0.39, 0.29) is 23.8 Å². The van der Waals surface area contributed by atoms with Gasteiger partial charge in [-0.2, -0.15) is 10.4 Å². The number of fused-ring (bicyclic) bond motifs is 1. The first-order chi connectivity index (χ1) is 18.3. The number of nitrogens with one attached hydrogen (secondary N) is 3. The summed E-state index contributed by atoms with van der Waals surface area (Å²) < 4.78 is 10.8. The Morgan fingerprint density at radius 2 is 2.16 bits per heavy atom. The number of hydrogen-bond acceptors (Lipinski definition) is 7. The Kier molecular flexibility index (Phi) is 8.69. The molecule has 3 atom stereocenters. The number of nitrogens with zero attached hydrogens (tertiary/aromatic N) is 2. The number of anilines is 1. The van der Waals surface area contributed by atoms with Crippen LogP contribution in [0.5, 0.6) is 5.75 Å². The van der Waals surface area contributed by atoms with E-state index >= 15 is 0 Å². The van der Waals surface area contributed by atoms with Gasteiger partial charge in [0.15, 0.2) is 0 Å². The number of methoxy groups -OCH3 is 1. The average Bonchev–Trinajstić information content (AvgIpc) is 3.49. The van der Waals surface area contributed by atoms with Crippen molar-refractivity contribution in [1.82, 2.24) is 15.5 Å². The first-order valence-corrected chi connectivity index (χ1v) is 13.5. The number of aromatic nitrogens is 2. The van der Waals surface area contributed by atoms with Crippen molar-refractivity contribution in [3.63, 3.8) is 0 Å². The van der Waals surface area contributed by atoms with Crippen LogP contribution in [-0.4, -0.2) is 35.9 Å². The Labute approximate surface area is 226 Å². The Morgan fingerprint density at radius 3 is 2.87 bits per heavy atom. The van der Waals surface area contributed by atoms with E-state index in [1.807, 2.05) is 45.0 Å². The van der Waals surface area contributed by atoms with Gasteiger partial charge in [-0.15, -0.1) is 11.3 Å². The lowest BCUT2D eigenvalue weighted by Crippen LogP contribution is -2.30. The van der Waals surface area contributed by atoms with Gasteiger partial charge in [0.05, 0.1) is 31.5 Å². The van der Waals surface area contributed by atoms with E-state index in [2.05, 4.69) is 26.9 Å². The van der Waals surface area contributed by atoms with E-state index in [1.165, 1.54) is 11.3 Å². The quantitative estimate of drug-likeness (QED) is 0.337. The third-order valence-electron chi connectivity index (χ3n) is 7.01. The second kappa shape index (κ2) is 12.1. The molecule has 2 heterocycles. The van der Waals surface area contributed by atoms with Crippen molar-refractivity contribution < 1.29 is 19.1 Å². The maximum absolute atomic E-state index is 12.9. The van der Waals surface area contributed by atoms with Gasteiger partial charge in [0, 0.05) is 22.6 Å². The normalized spacial score (nSPS) is 16.0. The molecule has 38 heavy (non-hydrogen) atoms. The zero-order valence-electron chi connectivity index (χ0n) is 22.1. The van der Waals surface area contributed by atoms with Crippen LogP contribution >= 0.6 is 11.3 Å². The maximum atomic E-state index is 12.9. The molecule has 9 nitrogen and oxygen atoms in total. The highest BCUT2D eigenvalue weighted by Crippen LogP contribution is 2.39. The predicted octanol–water partition coefficient (Wildman–Crippen LogP) is 5.38. The summed E-state index contributed by atoms with van der Waals surface area (Å²) in [6.45, 7) is 6.08. The van der Waals surface area contributed by atoms with Gasteiger partial charge in [-0.25, -0.2) is 4.79 Å². The lowest BCUT2D eigenvalue weighted by Gasteiger charge is -2.22. The summed E-state index contributed by atoms with van der Waals surface area (Å²) in [5.41, 5.74) is 4.39. The maximum Gasteiger partial charge on any atom is 0.407 e. The summed E-state index contributed by atoms with van der Waals surface area (Å²) in [7, 11) is 1.62. The molecule has 10 heteroatoms. The molecule has 0 fully saturated rings. The minimum atomic E-state index is -0.467. The molecular weight excluding hydrogens is 502 g/mol. The van der Waals surface area contributed by atoms with Gasteiger partial charge in [-0.3, -0.25) is 9.89 Å². The van der Waals surface area contributed by atoms with Crippen LogP contribution in [0.4, 0.5) is 9.80 Å². The van der Waals surface area contributed by atoms with Crippen molar-refractivity contribution in [1.29, 1.82) is 5.26 Å². The summed E-state index contributed by atoms with van der Waals surface area (Å²) in [6, 6.07) is 9.77. The number of carbonyl (C=O) groups excluding carboxylic acids is 2. The smallest absolute Gasteiger partial charge is 0.407 e. The number of carbonyl (C=O) groups is 2. The minimum Gasteiger partial charge on any atom is -0.497 e. The van der Waals surface area contributed by atoms with E-state index in [0.29, 0.717) is 36.4 Å². The van der Waals surface area contributed by atoms with Crippen LogP contribution in [0, 0.1) is 24.2 Å². The van der Waals surface area contributed by atoms with Gasteiger partial charge in [-0.05, 0) is 68.2 Å². The summed E-state index contributed by atoms with van der Waals surface area (Å²) in [5, 5.41) is 23.1. The van der Waals surface area contributed by atoms with Gasteiger partial charge >= 0.3 is 6.09 Å². The number of alkyl carbamates (subject to hydrolysis) is 1. The topological polar surface area (TPSA) is 129 Å². The van der Waals surface area contributed by atoms with Crippen molar-refractivity contribution >= 4 is 28.3 Å². The van der Waals surface area contributed by atoms with Crippen LogP contribution in [0.3, 0.4) is 0 Å². The molecule has 0 saturated heterocycles. The van der Waals surface area contributed by atoms with Crippen LogP contribution in [0.2, 0.25) is 0 Å². The lowest BCUT2D eigenvalue weighted by atomic mass is 9.88. The van der Waals surface area contributed by atoms with E-state index < -0.39 is 6.09 Å². The fraction of sp³-hybridized carbons (Fsp3) is 0.429. The van der Waals surface area contributed by atoms with Crippen molar-refractivity contribution in [2.75, 3.05) is 19.0 Å². The summed E-state index contributed by atoms with van der Waals surface area (Å²) >= 11 is 1.45. The highest BCUT2D eigenvalue weighted by molar-refractivity contribution is 7.16. The standard InChI is InChI=1S/C28H33N5O4S/c1-16(20-6-5-7-21(12-20)36-4)10-26(34)32-27-23(13-29)22-9-8-19(11-25(22)38-27)15-37-28(35)31-17(2)24-14-30-33-18(24)3/h5-7,12,14,16-17,19H,8-11,15H2,1-4H3,(H,30,33)(H,31,35)(H,32,34). The van der Waals surface area contributed by atoms with Gasteiger partial charge in [-0.1, -0.05) is 19.1 Å². The molecule has 2 amide bonds. The van der Waals surface area contributed by atoms with Crippen molar-refractivity contribution in [2.24, 2.45) is 5.92 Å². The molecule has 200 valence electrons. The zero-order valence-corrected chi connectivity index (χ0v) is 22.9. The second-order valence-corrected chi connectivity index (χ2v) is 10.9. The van der Waals surface area contributed by atoms with Gasteiger partial charge in [0.2, 0.25) is 5.91 Å². The number of aryl methyl sites for hydroxylation is 1. The fourth-order valence-electron chi connectivity index (χ4n) is 4.81. The minimum absolute atomic E-state index is 0.00182. The first-order valence-electron chi connectivity index (χ1n) is 12.7. The number of amides is 2. The number of ether oxygens (including phenoxy) is 2. The van der Waals surface area contributed by atoms with Crippen molar-refractivity contribution in [3.05, 3.63) is 63.3 Å². The largest absolute Gasteiger partial charge is 0.497 e. The van der Waals surface area contributed by atoms with Gasteiger partial charge in [0.25, 0.3) is 0 Å². The number of benzene rings is 1. The summed E-state index contributed by atoms with van der Waals surface area (Å²) in [6.07, 6.45) is 3.75. The predicted molar refractivity (Wildman–Crippen MR) is 145 cm³/mol. The number of aromatic amines is 1. The molecular formula is C28H33N5O4S. The third kappa shape index (κ3) is 6.34. The molecule has 0 aliphatic heterocycles. The van der Waals surface area contributed by atoms with Crippen molar-refractivity contribution in [2.45, 2.75) is 58.4 Å². The second-order valence-electron chi connectivity index (χ2n) is 9.77. The number of nitriles is 1. The molecule has 0 spiro atoms. The Bertz CT molecular complexity index is 1340. The van der Waals surface area contributed by atoms with Crippen LogP contribution in [0.25, 0.3) is 0 Å². The average molecular weight is 536 g/mol. The SMILES string of the molecule is COc1cccc(C(C)CC(=O)Nc2sc3c(c2C#N)CCC(COC(=O)NC(C)c2cn[nH]c2C)C3)c1. The van der Waals surface area contributed by atoms with E-state index in [0.717, 1.165) is 39.4 Å². The number of hydrogen-bond donors (Lipinski definition) is 3. The summed E-state index contributed by atoms with van der Waals surface area (Å²) in [5.74, 6) is 0.777. The first kappa shape index (κ1) is 27.2. The Balaban J connectivity index is 1.32. The zero-order chi connectivity index (χ0) is 27.2. The monoisotopic (exact) mass is 535 g/mol. The molecule has 2 aromatic heterocycles. The van der Waals surface area contributed by atoms with E-state index in [9.17, 15) is 14.9 Å². The van der Waals surface area contributed by atoms with E-state index in [1.54, 1.807) is 13.3 Å². The number of rotatable bonds is 9. The number of H-pyrrole nitrogens is 1. The molecule has 0 bridgehead atoms. The number of thiophene rings is 1. The molecule has 1 aliphatic carbocycles. The van der Waals surface area contributed by atoms with Gasteiger partial charge in [0.1, 0.15) is 16.8 Å². The molecule has 0 radical (unpaired) electrons. The van der Waals surface area contributed by atoms with Crippen LogP contribution < -0.4 is 15.4 Å². The molecule has 3 aromatic rings. The van der Waals surface area contributed by atoms with Crippen molar-refractivity contribution in [3.8, 4) is 11.8 Å². The highest BCUT2D eigenvalue weighted by atomic mass is 32.1. The molecule has 3 N–H and O–H groups in total. The Hall–Kier alpha value is -3.84. The fourth-order valence-corrected chi connectivity index (χ4v) is 6.14.